The molecule has 2 aromatic heterocycles. The van der Waals surface area contributed by atoms with Gasteiger partial charge in [-0.1, -0.05) is 0 Å². The van der Waals surface area contributed by atoms with Gasteiger partial charge in [0, 0.05) is 27.3 Å². The molecule has 0 atom stereocenters. The first-order valence-corrected chi connectivity index (χ1v) is 5.22. The summed E-state index contributed by atoms with van der Waals surface area (Å²) in [6, 6.07) is 2.12. The average molecular weight is 280 g/mol. The molecule has 13 heavy (non-hydrogen) atoms. The molecule has 0 aliphatic rings. The molecule has 0 aliphatic carbocycles. The summed E-state index contributed by atoms with van der Waals surface area (Å²) in [6.07, 6.45) is 4.55. The summed E-state index contributed by atoms with van der Waals surface area (Å²) in [5, 5.41) is 2.09. The number of H-pyrrole nitrogens is 1. The molecule has 1 N–H and O–H groups in total. The summed E-state index contributed by atoms with van der Waals surface area (Å²) in [5.41, 5.74) is 1.09. The Hall–Kier alpha value is -0.320. The lowest BCUT2D eigenvalue weighted by atomic mass is 10.3. The fourth-order valence-corrected chi connectivity index (χ4v) is 2.48. The normalized spacial score (nSPS) is 9.62. The van der Waals surface area contributed by atoms with Crippen LogP contribution in [0, 0.1) is 0 Å². The monoisotopic (exact) mass is 278 g/mol. The lowest BCUT2D eigenvalue weighted by molar-refractivity contribution is 1.13. The maximum absolute atomic E-state index is 4.16. The predicted octanol–water partition coefficient (Wildman–Crippen LogP) is 3.25. The predicted molar refractivity (Wildman–Crippen MR) is 60.7 cm³/mol. The van der Waals surface area contributed by atoms with Crippen molar-refractivity contribution in [3.05, 3.63) is 39.0 Å². The van der Waals surface area contributed by atoms with Crippen molar-refractivity contribution < 1.29 is 0 Å². The molecule has 2 aromatic rings. The Balaban J connectivity index is 0.000000845. The van der Waals surface area contributed by atoms with Gasteiger partial charge in [-0.2, -0.15) is 0 Å². The van der Waals surface area contributed by atoms with Gasteiger partial charge < -0.3 is 4.98 Å². The molecule has 2 heterocycles. The molecule has 0 amide bonds. The third-order valence-corrected chi connectivity index (χ3v) is 3.23. The lowest BCUT2D eigenvalue weighted by Gasteiger charge is -1.89. The SMILES string of the molecule is Brc1csc(Cc2c[nH]cn2)c1.Cl. The molecular weight excluding hydrogens is 272 g/mol. The standard InChI is InChI=1S/C8H7BrN2S.ClH/c9-6-1-8(12-4-6)2-7-3-10-5-11-7;/h1,3-5H,2H2,(H,10,11);1H. The first kappa shape index (κ1) is 10.8. The van der Waals surface area contributed by atoms with Gasteiger partial charge in [0.15, 0.2) is 0 Å². The van der Waals surface area contributed by atoms with Gasteiger partial charge in [0.05, 0.1) is 12.0 Å². The van der Waals surface area contributed by atoms with E-state index in [-0.39, 0.29) is 12.4 Å². The maximum Gasteiger partial charge on any atom is 0.0923 e. The van der Waals surface area contributed by atoms with Crippen LogP contribution < -0.4 is 0 Å². The van der Waals surface area contributed by atoms with Crippen LogP contribution in [0.1, 0.15) is 10.6 Å². The van der Waals surface area contributed by atoms with E-state index in [4.69, 9.17) is 0 Å². The molecule has 0 saturated heterocycles. The van der Waals surface area contributed by atoms with Gasteiger partial charge in [0.1, 0.15) is 0 Å². The smallest absolute Gasteiger partial charge is 0.0923 e. The Morgan fingerprint density at radius 2 is 2.38 bits per heavy atom. The Bertz CT molecular complexity index is 358. The van der Waals surface area contributed by atoms with Crippen molar-refractivity contribution in [3.8, 4) is 0 Å². The number of hydrogen-bond donors (Lipinski definition) is 1. The molecule has 2 rings (SSSR count). The van der Waals surface area contributed by atoms with Gasteiger partial charge in [-0.15, -0.1) is 23.7 Å². The van der Waals surface area contributed by atoms with Gasteiger partial charge in [0.25, 0.3) is 0 Å². The van der Waals surface area contributed by atoms with E-state index >= 15 is 0 Å². The number of rotatable bonds is 2. The van der Waals surface area contributed by atoms with E-state index in [9.17, 15) is 0 Å². The van der Waals surface area contributed by atoms with Gasteiger partial charge >= 0.3 is 0 Å². The highest BCUT2D eigenvalue weighted by molar-refractivity contribution is 9.10. The van der Waals surface area contributed by atoms with Crippen molar-refractivity contribution in [3.63, 3.8) is 0 Å². The van der Waals surface area contributed by atoms with E-state index in [0.29, 0.717) is 0 Å². The highest BCUT2D eigenvalue weighted by atomic mass is 79.9. The Labute approximate surface area is 94.9 Å². The first-order chi connectivity index (χ1) is 5.84. The van der Waals surface area contributed by atoms with E-state index in [1.807, 2.05) is 6.20 Å². The van der Waals surface area contributed by atoms with Crippen LogP contribution in [0.4, 0.5) is 0 Å². The molecular formula is C8H8BrClN2S. The first-order valence-electron chi connectivity index (χ1n) is 3.55. The minimum absolute atomic E-state index is 0. The summed E-state index contributed by atoms with van der Waals surface area (Å²) in [5.74, 6) is 0. The minimum Gasteiger partial charge on any atom is -0.351 e. The number of imidazole rings is 1. The van der Waals surface area contributed by atoms with Crippen LogP contribution in [-0.4, -0.2) is 9.97 Å². The molecule has 0 aromatic carbocycles. The van der Waals surface area contributed by atoms with Crippen molar-refractivity contribution >= 4 is 39.7 Å². The Morgan fingerprint density at radius 3 is 2.92 bits per heavy atom. The average Bonchev–Trinajstić information content (AvgIpc) is 2.63. The zero-order valence-corrected chi connectivity index (χ0v) is 9.88. The number of aromatic amines is 1. The van der Waals surface area contributed by atoms with Crippen molar-refractivity contribution in [1.29, 1.82) is 0 Å². The summed E-state index contributed by atoms with van der Waals surface area (Å²) in [7, 11) is 0. The Morgan fingerprint density at radius 1 is 1.54 bits per heavy atom. The third-order valence-electron chi connectivity index (χ3n) is 1.53. The van der Waals surface area contributed by atoms with Crippen LogP contribution in [-0.2, 0) is 6.42 Å². The number of thiophene rings is 1. The number of halogens is 2. The van der Waals surface area contributed by atoms with Crippen LogP contribution in [0.15, 0.2) is 28.4 Å². The van der Waals surface area contributed by atoms with E-state index in [1.165, 1.54) is 4.88 Å². The largest absolute Gasteiger partial charge is 0.351 e. The second kappa shape index (κ2) is 4.79. The van der Waals surface area contributed by atoms with Crippen molar-refractivity contribution in [1.82, 2.24) is 9.97 Å². The second-order valence-electron chi connectivity index (χ2n) is 2.47. The molecule has 0 saturated carbocycles. The topological polar surface area (TPSA) is 28.7 Å². The molecule has 70 valence electrons. The highest BCUT2D eigenvalue weighted by Gasteiger charge is 2.00. The van der Waals surface area contributed by atoms with Crippen molar-refractivity contribution in [2.24, 2.45) is 0 Å². The van der Waals surface area contributed by atoms with Crippen molar-refractivity contribution in [2.45, 2.75) is 6.42 Å². The number of nitrogens with zero attached hydrogens (tertiary/aromatic N) is 1. The number of hydrogen-bond acceptors (Lipinski definition) is 2. The minimum atomic E-state index is 0. The molecule has 0 unspecified atom stereocenters. The molecule has 0 bridgehead atoms. The summed E-state index contributed by atoms with van der Waals surface area (Å²) >= 11 is 5.17. The zero-order valence-electron chi connectivity index (χ0n) is 6.66. The summed E-state index contributed by atoms with van der Waals surface area (Å²) in [6.45, 7) is 0. The molecule has 0 radical (unpaired) electrons. The van der Waals surface area contributed by atoms with Crippen molar-refractivity contribution in [2.75, 3.05) is 0 Å². The summed E-state index contributed by atoms with van der Waals surface area (Å²) in [4.78, 5) is 8.42. The highest BCUT2D eigenvalue weighted by Crippen LogP contribution is 2.21. The van der Waals surface area contributed by atoms with E-state index in [2.05, 4.69) is 37.3 Å². The van der Waals surface area contributed by atoms with Gasteiger partial charge in [-0.05, 0) is 22.0 Å². The fraction of sp³-hybridized carbons (Fsp3) is 0.125. The maximum atomic E-state index is 4.16. The summed E-state index contributed by atoms with van der Waals surface area (Å²) < 4.78 is 1.15. The van der Waals surface area contributed by atoms with Crippen LogP contribution in [0.25, 0.3) is 0 Å². The molecule has 5 heteroatoms. The van der Waals surface area contributed by atoms with Gasteiger partial charge in [-0.3, -0.25) is 0 Å². The lowest BCUT2D eigenvalue weighted by Crippen LogP contribution is -1.82. The molecule has 0 spiro atoms. The van der Waals surface area contributed by atoms with E-state index in [0.717, 1.165) is 16.6 Å². The van der Waals surface area contributed by atoms with E-state index in [1.54, 1.807) is 17.7 Å². The van der Waals surface area contributed by atoms with Gasteiger partial charge in [-0.25, -0.2) is 4.98 Å². The molecule has 0 aliphatic heterocycles. The number of aromatic nitrogens is 2. The quantitative estimate of drug-likeness (QED) is 0.898. The second-order valence-corrected chi connectivity index (χ2v) is 4.38. The van der Waals surface area contributed by atoms with Crippen LogP contribution in [0.3, 0.4) is 0 Å². The third kappa shape index (κ3) is 2.83. The fourth-order valence-electron chi connectivity index (χ4n) is 1.01. The Kier molecular flexibility index (Phi) is 3.96. The van der Waals surface area contributed by atoms with Crippen LogP contribution in [0.5, 0.6) is 0 Å². The number of nitrogens with one attached hydrogen (secondary N) is 1. The molecule has 2 nitrogen and oxygen atoms in total. The van der Waals surface area contributed by atoms with E-state index < -0.39 is 0 Å². The zero-order chi connectivity index (χ0) is 8.39. The van der Waals surface area contributed by atoms with Crippen LogP contribution >= 0.6 is 39.7 Å². The van der Waals surface area contributed by atoms with Crippen LogP contribution in [0.2, 0.25) is 0 Å². The van der Waals surface area contributed by atoms with Gasteiger partial charge in [0.2, 0.25) is 0 Å². The molecule has 0 fully saturated rings.